The molecule has 0 bridgehead atoms. The average Bonchev–Trinajstić information content (AvgIpc) is 2.90. The van der Waals surface area contributed by atoms with Crippen molar-refractivity contribution in [3.8, 4) is 0 Å². The Morgan fingerprint density at radius 2 is 1.96 bits per heavy atom. The summed E-state index contributed by atoms with van der Waals surface area (Å²) in [5.41, 5.74) is 2.39. The number of benzene rings is 1. The zero-order valence-electron chi connectivity index (χ0n) is 15.2. The Balaban J connectivity index is 1.64. The first-order chi connectivity index (χ1) is 11.8. The third kappa shape index (κ3) is 3.55. The predicted molar refractivity (Wildman–Crippen MR) is 97.2 cm³/mol. The van der Waals surface area contributed by atoms with Gasteiger partial charge in [-0.3, -0.25) is 4.79 Å². The van der Waals surface area contributed by atoms with E-state index in [0.29, 0.717) is 19.6 Å². The van der Waals surface area contributed by atoms with Crippen molar-refractivity contribution in [3.63, 3.8) is 0 Å². The van der Waals surface area contributed by atoms with E-state index >= 15 is 0 Å². The summed E-state index contributed by atoms with van der Waals surface area (Å²) in [6.07, 6.45) is 3.10. The molecule has 0 radical (unpaired) electrons. The van der Waals surface area contributed by atoms with E-state index in [2.05, 4.69) is 6.58 Å². The quantitative estimate of drug-likeness (QED) is 0.824. The number of hydrogen-bond acceptors (Lipinski definition) is 3. The molecule has 0 atom stereocenters. The molecule has 2 amide bonds. The van der Waals surface area contributed by atoms with Crippen molar-refractivity contribution in [3.05, 3.63) is 41.5 Å². The van der Waals surface area contributed by atoms with Crippen LogP contribution in [0.4, 0.5) is 4.79 Å². The fourth-order valence-electron chi connectivity index (χ4n) is 3.55. The Hall–Kier alpha value is -2.30. The minimum absolute atomic E-state index is 0.0921. The first-order valence-corrected chi connectivity index (χ1v) is 8.83. The highest BCUT2D eigenvalue weighted by atomic mass is 16.6. The van der Waals surface area contributed by atoms with Crippen LogP contribution in [0, 0.1) is 0 Å². The van der Waals surface area contributed by atoms with Gasteiger partial charge in [0.05, 0.1) is 0 Å². The molecule has 2 aliphatic rings. The number of nitrogens with zero attached hydrogens (tertiary/aromatic N) is 2. The summed E-state index contributed by atoms with van der Waals surface area (Å²) in [4.78, 5) is 28.6. The molecular formula is C20H26N2O3. The third-order valence-corrected chi connectivity index (χ3v) is 4.81. The number of likely N-dealkylation sites (tertiary alicyclic amines) is 1. The Morgan fingerprint density at radius 1 is 1.28 bits per heavy atom. The van der Waals surface area contributed by atoms with Gasteiger partial charge in [-0.05, 0) is 50.8 Å². The zero-order chi connectivity index (χ0) is 18.2. The fourth-order valence-corrected chi connectivity index (χ4v) is 3.55. The van der Waals surface area contributed by atoms with E-state index < -0.39 is 5.60 Å². The first-order valence-electron chi connectivity index (χ1n) is 8.83. The third-order valence-electron chi connectivity index (χ3n) is 4.81. The molecule has 5 heteroatoms. The van der Waals surface area contributed by atoms with Crippen LogP contribution in [0.25, 0.3) is 6.08 Å². The van der Waals surface area contributed by atoms with Crippen LogP contribution in [-0.4, -0.2) is 46.5 Å². The van der Waals surface area contributed by atoms with Gasteiger partial charge >= 0.3 is 6.09 Å². The second-order valence-electron chi connectivity index (χ2n) is 7.71. The summed E-state index contributed by atoms with van der Waals surface area (Å²) in [6, 6.07) is 5.95. The van der Waals surface area contributed by atoms with Crippen LogP contribution < -0.4 is 0 Å². The van der Waals surface area contributed by atoms with Gasteiger partial charge in [-0.25, -0.2) is 4.79 Å². The maximum absolute atomic E-state index is 12.8. The van der Waals surface area contributed by atoms with Gasteiger partial charge < -0.3 is 14.5 Å². The zero-order valence-corrected chi connectivity index (χ0v) is 15.2. The molecule has 0 N–H and O–H groups in total. The van der Waals surface area contributed by atoms with Gasteiger partial charge in [0, 0.05) is 31.2 Å². The number of carbonyl (C=O) groups is 2. The molecule has 134 valence electrons. The van der Waals surface area contributed by atoms with Crippen molar-refractivity contribution < 1.29 is 14.3 Å². The molecule has 0 aromatic heterocycles. The highest BCUT2D eigenvalue weighted by Crippen LogP contribution is 2.31. The lowest BCUT2D eigenvalue weighted by Gasteiger charge is -2.37. The SMILES string of the molecule is C=Cc1cccc2c1CN(C1CCN(C(=O)OC(C)(C)C)CC1)C2=O. The molecule has 0 aliphatic carbocycles. The molecule has 0 unspecified atom stereocenters. The maximum Gasteiger partial charge on any atom is 0.410 e. The number of fused-ring (bicyclic) bond motifs is 1. The van der Waals surface area contributed by atoms with E-state index in [-0.39, 0.29) is 18.0 Å². The summed E-state index contributed by atoms with van der Waals surface area (Å²) in [7, 11) is 0. The molecule has 25 heavy (non-hydrogen) atoms. The fraction of sp³-hybridized carbons (Fsp3) is 0.500. The van der Waals surface area contributed by atoms with Crippen LogP contribution >= 0.6 is 0 Å². The van der Waals surface area contributed by atoms with E-state index in [1.165, 1.54) is 0 Å². The Morgan fingerprint density at radius 3 is 2.56 bits per heavy atom. The number of rotatable bonds is 2. The highest BCUT2D eigenvalue weighted by molar-refractivity contribution is 5.99. The molecule has 0 spiro atoms. The molecule has 1 aromatic rings. The van der Waals surface area contributed by atoms with Gasteiger partial charge in [0.25, 0.3) is 5.91 Å². The molecule has 1 aromatic carbocycles. The predicted octanol–water partition coefficient (Wildman–Crippen LogP) is 3.68. The van der Waals surface area contributed by atoms with E-state index in [1.807, 2.05) is 43.9 Å². The van der Waals surface area contributed by atoms with Gasteiger partial charge in [0.1, 0.15) is 5.60 Å². The second kappa shape index (κ2) is 6.54. The van der Waals surface area contributed by atoms with Crippen molar-refractivity contribution in [2.45, 2.75) is 51.8 Å². The number of ether oxygens (including phenoxy) is 1. The second-order valence-corrected chi connectivity index (χ2v) is 7.71. The van der Waals surface area contributed by atoms with E-state index in [1.54, 1.807) is 11.0 Å². The van der Waals surface area contributed by atoms with E-state index in [4.69, 9.17) is 4.74 Å². The first kappa shape index (κ1) is 17.5. The minimum atomic E-state index is -0.485. The van der Waals surface area contributed by atoms with Gasteiger partial charge in [-0.2, -0.15) is 0 Å². The largest absolute Gasteiger partial charge is 0.444 e. The lowest BCUT2D eigenvalue weighted by molar-refractivity contribution is 0.0148. The summed E-state index contributed by atoms with van der Waals surface area (Å²) in [5.74, 6) is 0.0921. The van der Waals surface area contributed by atoms with Crippen LogP contribution in [0.5, 0.6) is 0 Å². The van der Waals surface area contributed by atoms with E-state index in [9.17, 15) is 9.59 Å². The molecule has 5 nitrogen and oxygen atoms in total. The van der Waals surface area contributed by atoms with Crippen LogP contribution in [0.3, 0.4) is 0 Å². The average molecular weight is 342 g/mol. The molecule has 3 rings (SSSR count). The lowest BCUT2D eigenvalue weighted by Crippen LogP contribution is -2.48. The molecule has 2 heterocycles. The molecule has 1 fully saturated rings. The van der Waals surface area contributed by atoms with Crippen molar-refractivity contribution in [1.29, 1.82) is 0 Å². The Kier molecular flexibility index (Phi) is 4.58. The van der Waals surface area contributed by atoms with Crippen molar-refractivity contribution in [2.24, 2.45) is 0 Å². The highest BCUT2D eigenvalue weighted by Gasteiger charge is 2.36. The monoisotopic (exact) mass is 342 g/mol. The summed E-state index contributed by atoms with van der Waals surface area (Å²) in [5, 5.41) is 0. The van der Waals surface area contributed by atoms with Crippen LogP contribution in [0.15, 0.2) is 24.8 Å². The molecular weight excluding hydrogens is 316 g/mol. The summed E-state index contributed by atoms with van der Waals surface area (Å²) in [6.45, 7) is 11.3. The Bertz CT molecular complexity index is 697. The summed E-state index contributed by atoms with van der Waals surface area (Å²) >= 11 is 0. The maximum atomic E-state index is 12.8. The normalized spacial score (nSPS) is 18.3. The van der Waals surface area contributed by atoms with E-state index in [0.717, 1.165) is 29.5 Å². The lowest BCUT2D eigenvalue weighted by atomic mass is 10.0. The topological polar surface area (TPSA) is 49.9 Å². The number of carbonyl (C=O) groups excluding carboxylic acids is 2. The van der Waals surface area contributed by atoms with Crippen LogP contribution in [0.2, 0.25) is 0 Å². The summed E-state index contributed by atoms with van der Waals surface area (Å²) < 4.78 is 5.44. The van der Waals surface area contributed by atoms with Crippen LogP contribution in [0.1, 0.15) is 55.1 Å². The van der Waals surface area contributed by atoms with Crippen LogP contribution in [-0.2, 0) is 11.3 Å². The van der Waals surface area contributed by atoms with Gasteiger partial charge in [0.2, 0.25) is 0 Å². The van der Waals surface area contributed by atoms with Gasteiger partial charge in [-0.1, -0.05) is 24.8 Å². The molecule has 0 saturated carbocycles. The number of piperidine rings is 1. The Labute approximate surface area is 149 Å². The number of amides is 2. The number of hydrogen-bond donors (Lipinski definition) is 0. The molecule has 1 saturated heterocycles. The standard InChI is InChI=1S/C20H26N2O3/c1-5-14-7-6-8-16-17(14)13-22(18(16)23)15-9-11-21(12-10-15)19(24)25-20(2,3)4/h5-8,15H,1,9-13H2,2-4H3. The smallest absolute Gasteiger partial charge is 0.410 e. The van der Waals surface area contributed by atoms with Crippen molar-refractivity contribution >= 4 is 18.1 Å². The van der Waals surface area contributed by atoms with Crippen molar-refractivity contribution in [1.82, 2.24) is 9.80 Å². The van der Waals surface area contributed by atoms with Crippen molar-refractivity contribution in [2.75, 3.05) is 13.1 Å². The minimum Gasteiger partial charge on any atom is -0.444 e. The van der Waals surface area contributed by atoms with Gasteiger partial charge in [0.15, 0.2) is 0 Å². The van der Waals surface area contributed by atoms with Gasteiger partial charge in [-0.15, -0.1) is 0 Å². The molecule has 2 aliphatic heterocycles.